The molecule has 0 aliphatic heterocycles. The summed E-state index contributed by atoms with van der Waals surface area (Å²) < 4.78 is 1.73. The summed E-state index contributed by atoms with van der Waals surface area (Å²) in [6.45, 7) is 3.70. The van der Waals surface area contributed by atoms with Gasteiger partial charge in [-0.25, -0.2) is 9.67 Å². The molecule has 3 heteroatoms. The van der Waals surface area contributed by atoms with Gasteiger partial charge in [0.05, 0.1) is 5.69 Å². The minimum Gasteiger partial charge on any atom is -0.223 e. The zero-order valence-corrected chi connectivity index (χ0v) is 7.80. The van der Waals surface area contributed by atoms with Crippen molar-refractivity contribution in [3.63, 3.8) is 0 Å². The van der Waals surface area contributed by atoms with Gasteiger partial charge in [0, 0.05) is 0 Å². The Hall–Kier alpha value is -1.90. The molecule has 0 unspecified atom stereocenters. The highest BCUT2D eigenvalue weighted by Gasteiger charge is 1.95. The summed E-state index contributed by atoms with van der Waals surface area (Å²) in [5.74, 6) is 0. The van der Waals surface area contributed by atoms with Gasteiger partial charge in [-0.15, -0.1) is 6.58 Å². The first-order valence-electron chi connectivity index (χ1n) is 4.45. The van der Waals surface area contributed by atoms with Crippen molar-refractivity contribution in [2.75, 3.05) is 0 Å². The van der Waals surface area contributed by atoms with Gasteiger partial charge < -0.3 is 0 Å². The van der Waals surface area contributed by atoms with Crippen molar-refractivity contribution >= 4 is 0 Å². The molecule has 0 saturated heterocycles. The summed E-state index contributed by atoms with van der Waals surface area (Å²) in [4.78, 5) is 3.89. The number of nitrogens with zero attached hydrogens (tertiary/aromatic N) is 3. The van der Waals surface area contributed by atoms with E-state index >= 15 is 0 Å². The third-order valence-electron chi connectivity index (χ3n) is 2.00. The molecule has 0 aliphatic carbocycles. The van der Waals surface area contributed by atoms with Gasteiger partial charge in [-0.2, -0.15) is 5.10 Å². The van der Waals surface area contributed by atoms with Crippen LogP contribution in [0.5, 0.6) is 0 Å². The molecule has 0 saturated carbocycles. The van der Waals surface area contributed by atoms with Gasteiger partial charge >= 0.3 is 0 Å². The SMILES string of the molecule is C=CCc1ccc(-n2cncn2)cc1. The van der Waals surface area contributed by atoms with Crippen LogP contribution < -0.4 is 0 Å². The van der Waals surface area contributed by atoms with Gasteiger partial charge in [0.25, 0.3) is 0 Å². The van der Waals surface area contributed by atoms with Crippen LogP contribution in [0.1, 0.15) is 5.56 Å². The molecule has 70 valence electrons. The molecular formula is C11H11N3. The molecule has 2 rings (SSSR count). The highest BCUT2D eigenvalue weighted by molar-refractivity contribution is 5.33. The molecule has 0 fully saturated rings. The predicted octanol–water partition coefficient (Wildman–Crippen LogP) is 2.00. The molecule has 0 spiro atoms. The average molecular weight is 185 g/mol. The van der Waals surface area contributed by atoms with Crippen molar-refractivity contribution in [2.45, 2.75) is 6.42 Å². The van der Waals surface area contributed by atoms with Crippen LogP contribution in [0.15, 0.2) is 49.6 Å². The Morgan fingerprint density at radius 1 is 1.29 bits per heavy atom. The Labute approximate surface area is 82.7 Å². The summed E-state index contributed by atoms with van der Waals surface area (Å²) >= 11 is 0. The lowest BCUT2D eigenvalue weighted by molar-refractivity contribution is 0.878. The number of aromatic nitrogens is 3. The molecular weight excluding hydrogens is 174 g/mol. The maximum Gasteiger partial charge on any atom is 0.138 e. The maximum atomic E-state index is 4.05. The van der Waals surface area contributed by atoms with Crippen LogP contribution in [0.3, 0.4) is 0 Å². The molecule has 0 N–H and O–H groups in total. The monoisotopic (exact) mass is 185 g/mol. The van der Waals surface area contributed by atoms with Crippen molar-refractivity contribution in [1.82, 2.24) is 14.8 Å². The number of hydrogen-bond acceptors (Lipinski definition) is 2. The Bertz CT molecular complexity index is 401. The van der Waals surface area contributed by atoms with Gasteiger partial charge in [-0.3, -0.25) is 0 Å². The van der Waals surface area contributed by atoms with E-state index in [2.05, 4.69) is 28.8 Å². The quantitative estimate of drug-likeness (QED) is 0.685. The summed E-state index contributed by atoms with van der Waals surface area (Å²) in [6, 6.07) is 8.18. The average Bonchev–Trinajstić information content (AvgIpc) is 2.72. The minimum atomic E-state index is 0.900. The van der Waals surface area contributed by atoms with E-state index < -0.39 is 0 Å². The predicted molar refractivity (Wildman–Crippen MR) is 55.3 cm³/mol. The van der Waals surface area contributed by atoms with Crippen LogP contribution >= 0.6 is 0 Å². The lowest BCUT2D eigenvalue weighted by Gasteiger charge is -2.01. The topological polar surface area (TPSA) is 30.7 Å². The van der Waals surface area contributed by atoms with Gasteiger partial charge in [-0.1, -0.05) is 18.2 Å². The van der Waals surface area contributed by atoms with Gasteiger partial charge in [0.2, 0.25) is 0 Å². The van der Waals surface area contributed by atoms with Crippen LogP contribution in [0.2, 0.25) is 0 Å². The van der Waals surface area contributed by atoms with E-state index in [4.69, 9.17) is 0 Å². The van der Waals surface area contributed by atoms with Gasteiger partial charge in [0.15, 0.2) is 0 Å². The number of benzene rings is 1. The van der Waals surface area contributed by atoms with Crippen molar-refractivity contribution in [1.29, 1.82) is 0 Å². The van der Waals surface area contributed by atoms with E-state index in [9.17, 15) is 0 Å². The van der Waals surface area contributed by atoms with E-state index in [1.165, 1.54) is 11.9 Å². The molecule has 0 aliphatic rings. The smallest absolute Gasteiger partial charge is 0.138 e. The normalized spacial score (nSPS) is 10.0. The summed E-state index contributed by atoms with van der Waals surface area (Å²) in [5.41, 5.74) is 2.28. The second-order valence-corrected chi connectivity index (χ2v) is 3.00. The van der Waals surface area contributed by atoms with E-state index in [0.717, 1.165) is 12.1 Å². The zero-order valence-electron chi connectivity index (χ0n) is 7.80. The fourth-order valence-electron chi connectivity index (χ4n) is 1.29. The molecule has 1 heterocycles. The fourth-order valence-corrected chi connectivity index (χ4v) is 1.29. The number of allylic oxidation sites excluding steroid dienone is 1. The summed E-state index contributed by atoms with van der Waals surface area (Å²) in [5, 5.41) is 4.05. The van der Waals surface area contributed by atoms with E-state index in [0.29, 0.717) is 0 Å². The fraction of sp³-hybridized carbons (Fsp3) is 0.0909. The Balaban J connectivity index is 2.26. The molecule has 3 nitrogen and oxygen atoms in total. The molecule has 0 amide bonds. The molecule has 1 aromatic carbocycles. The van der Waals surface area contributed by atoms with Crippen LogP contribution in [0.25, 0.3) is 5.69 Å². The third kappa shape index (κ3) is 1.71. The first kappa shape index (κ1) is 8.69. The molecule has 14 heavy (non-hydrogen) atoms. The van der Waals surface area contributed by atoms with Crippen molar-refractivity contribution < 1.29 is 0 Å². The first-order valence-corrected chi connectivity index (χ1v) is 4.45. The molecule has 2 aromatic rings. The van der Waals surface area contributed by atoms with Gasteiger partial charge in [-0.05, 0) is 24.1 Å². The third-order valence-corrected chi connectivity index (χ3v) is 2.00. The standard InChI is InChI=1S/C11H11N3/c1-2-3-10-4-6-11(7-5-10)14-9-12-8-13-14/h2,4-9H,1,3H2. The summed E-state index contributed by atoms with van der Waals surface area (Å²) in [7, 11) is 0. The lowest BCUT2D eigenvalue weighted by atomic mass is 10.1. The molecule has 0 atom stereocenters. The largest absolute Gasteiger partial charge is 0.223 e. The van der Waals surface area contributed by atoms with Gasteiger partial charge in [0.1, 0.15) is 12.7 Å². The number of hydrogen-bond donors (Lipinski definition) is 0. The highest BCUT2D eigenvalue weighted by Crippen LogP contribution is 2.08. The Kier molecular flexibility index (Phi) is 2.40. The Morgan fingerprint density at radius 2 is 2.07 bits per heavy atom. The second kappa shape index (κ2) is 3.87. The molecule has 0 bridgehead atoms. The van der Waals surface area contributed by atoms with Crippen LogP contribution in [-0.2, 0) is 6.42 Å². The van der Waals surface area contributed by atoms with Crippen molar-refractivity contribution in [3.8, 4) is 5.69 Å². The van der Waals surface area contributed by atoms with Crippen LogP contribution in [0, 0.1) is 0 Å². The molecule has 1 aromatic heterocycles. The zero-order chi connectivity index (χ0) is 9.80. The van der Waals surface area contributed by atoms with E-state index in [1.54, 1.807) is 11.0 Å². The second-order valence-electron chi connectivity index (χ2n) is 3.00. The lowest BCUT2D eigenvalue weighted by Crippen LogP contribution is -1.94. The van der Waals surface area contributed by atoms with Crippen LogP contribution in [-0.4, -0.2) is 14.8 Å². The van der Waals surface area contributed by atoms with Crippen LogP contribution in [0.4, 0.5) is 0 Å². The Morgan fingerprint density at radius 3 is 2.64 bits per heavy atom. The summed E-state index contributed by atoms with van der Waals surface area (Å²) in [6.07, 6.45) is 6.00. The van der Waals surface area contributed by atoms with Crippen molar-refractivity contribution in [2.24, 2.45) is 0 Å². The minimum absolute atomic E-state index is 0.900. The number of rotatable bonds is 3. The molecule has 0 radical (unpaired) electrons. The highest BCUT2D eigenvalue weighted by atomic mass is 15.3. The maximum absolute atomic E-state index is 4.05. The van der Waals surface area contributed by atoms with Crippen molar-refractivity contribution in [3.05, 3.63) is 55.1 Å². The van der Waals surface area contributed by atoms with E-state index in [1.807, 2.05) is 18.2 Å². The van der Waals surface area contributed by atoms with E-state index in [-0.39, 0.29) is 0 Å². The first-order chi connectivity index (χ1) is 6.90.